The van der Waals surface area contributed by atoms with E-state index in [1.54, 1.807) is 12.1 Å². The summed E-state index contributed by atoms with van der Waals surface area (Å²) in [6, 6.07) is 6.30. The first-order valence-corrected chi connectivity index (χ1v) is 7.52. The van der Waals surface area contributed by atoms with Gasteiger partial charge in [0, 0.05) is 17.1 Å². The van der Waals surface area contributed by atoms with E-state index in [0.717, 1.165) is 37.9 Å². The normalized spacial score (nSPS) is 23.6. The monoisotopic (exact) mass is 305 g/mol. The van der Waals surface area contributed by atoms with E-state index in [1.165, 1.54) is 12.1 Å². The molecule has 1 fully saturated rings. The van der Waals surface area contributed by atoms with E-state index in [2.05, 4.69) is 5.32 Å². The topological polar surface area (TPSA) is 32.3 Å². The summed E-state index contributed by atoms with van der Waals surface area (Å²) in [5.74, 6) is 0.530. The zero-order chi connectivity index (χ0) is 14.6. The molecule has 20 heavy (non-hydrogen) atoms. The van der Waals surface area contributed by atoms with E-state index in [9.17, 15) is 18.3 Å². The molecular weight excluding hydrogens is 287 g/mol. The van der Waals surface area contributed by atoms with Crippen LogP contribution < -0.4 is 5.32 Å². The van der Waals surface area contributed by atoms with Gasteiger partial charge in [-0.05, 0) is 67.6 Å². The van der Waals surface area contributed by atoms with Crippen LogP contribution in [0.4, 0.5) is 18.9 Å². The van der Waals surface area contributed by atoms with Gasteiger partial charge in [0.1, 0.15) is 0 Å². The van der Waals surface area contributed by atoms with Crippen molar-refractivity contribution in [1.29, 1.82) is 0 Å². The van der Waals surface area contributed by atoms with Crippen molar-refractivity contribution in [3.8, 4) is 0 Å². The highest BCUT2D eigenvalue weighted by Crippen LogP contribution is 2.37. The molecule has 1 aliphatic rings. The van der Waals surface area contributed by atoms with Crippen LogP contribution in [0.2, 0.25) is 0 Å². The summed E-state index contributed by atoms with van der Waals surface area (Å²) in [5.41, 5.74) is -3.40. The Bertz CT molecular complexity index is 413. The van der Waals surface area contributed by atoms with Crippen LogP contribution in [0.5, 0.6) is 0 Å². The maximum Gasteiger partial charge on any atom is 0.446 e. The van der Waals surface area contributed by atoms with E-state index < -0.39 is 5.51 Å². The highest BCUT2D eigenvalue weighted by atomic mass is 32.2. The van der Waals surface area contributed by atoms with Gasteiger partial charge in [0.15, 0.2) is 0 Å². The van der Waals surface area contributed by atoms with E-state index in [-0.39, 0.29) is 22.8 Å². The molecule has 0 aliphatic heterocycles. The summed E-state index contributed by atoms with van der Waals surface area (Å²) >= 11 is -0.0997. The summed E-state index contributed by atoms with van der Waals surface area (Å²) in [7, 11) is 0. The number of anilines is 1. The van der Waals surface area contributed by atoms with Crippen molar-refractivity contribution in [3.63, 3.8) is 0 Å². The minimum absolute atomic E-state index is 0.0997. The van der Waals surface area contributed by atoms with Crippen molar-refractivity contribution >= 4 is 17.4 Å². The van der Waals surface area contributed by atoms with Crippen LogP contribution >= 0.6 is 11.8 Å². The molecule has 2 N–H and O–H groups in total. The lowest BCUT2D eigenvalue weighted by molar-refractivity contribution is -0.0328. The molecule has 1 aromatic rings. The largest absolute Gasteiger partial charge is 0.446 e. The van der Waals surface area contributed by atoms with Crippen LogP contribution in [0, 0.1) is 5.92 Å². The lowest BCUT2D eigenvalue weighted by atomic mass is 9.87. The van der Waals surface area contributed by atoms with Gasteiger partial charge in [0.05, 0.1) is 6.10 Å². The molecule has 0 heterocycles. The van der Waals surface area contributed by atoms with Gasteiger partial charge in [-0.3, -0.25) is 0 Å². The number of thioether (sulfide) groups is 1. The number of benzene rings is 1. The minimum atomic E-state index is -4.24. The summed E-state index contributed by atoms with van der Waals surface area (Å²) < 4.78 is 36.6. The maximum atomic E-state index is 12.2. The van der Waals surface area contributed by atoms with Gasteiger partial charge in [-0.15, -0.1) is 0 Å². The predicted molar refractivity (Wildman–Crippen MR) is 74.8 cm³/mol. The number of aliphatic hydroxyl groups excluding tert-OH is 1. The number of aliphatic hydroxyl groups is 1. The smallest absolute Gasteiger partial charge is 0.393 e. The van der Waals surface area contributed by atoms with Crippen molar-refractivity contribution in [1.82, 2.24) is 0 Å². The molecule has 0 aromatic heterocycles. The zero-order valence-electron chi connectivity index (χ0n) is 11.0. The predicted octanol–water partition coefficient (Wildman–Crippen LogP) is 4.26. The fourth-order valence-electron chi connectivity index (χ4n) is 2.39. The van der Waals surface area contributed by atoms with Crippen LogP contribution in [0.15, 0.2) is 29.2 Å². The van der Waals surface area contributed by atoms with Crippen LogP contribution in [-0.2, 0) is 0 Å². The van der Waals surface area contributed by atoms with Crippen molar-refractivity contribution < 1.29 is 18.3 Å². The zero-order valence-corrected chi connectivity index (χ0v) is 11.8. The molecule has 6 heteroatoms. The van der Waals surface area contributed by atoms with E-state index in [1.807, 2.05) is 0 Å². The molecule has 0 atom stereocenters. The van der Waals surface area contributed by atoms with Gasteiger partial charge in [-0.2, -0.15) is 13.2 Å². The van der Waals surface area contributed by atoms with Crippen LogP contribution in [0.25, 0.3) is 0 Å². The van der Waals surface area contributed by atoms with Crippen LogP contribution in [0.3, 0.4) is 0 Å². The highest BCUT2D eigenvalue weighted by Gasteiger charge is 2.29. The third kappa shape index (κ3) is 5.25. The van der Waals surface area contributed by atoms with E-state index in [0.29, 0.717) is 5.92 Å². The molecule has 112 valence electrons. The third-order valence-corrected chi connectivity index (χ3v) is 4.24. The maximum absolute atomic E-state index is 12.2. The summed E-state index contributed by atoms with van der Waals surface area (Å²) in [5, 5.41) is 12.7. The second-order valence-electron chi connectivity index (χ2n) is 5.13. The van der Waals surface area contributed by atoms with Gasteiger partial charge < -0.3 is 10.4 Å². The average molecular weight is 305 g/mol. The Morgan fingerprint density at radius 2 is 1.70 bits per heavy atom. The quantitative estimate of drug-likeness (QED) is 0.815. The average Bonchev–Trinajstić information content (AvgIpc) is 2.38. The van der Waals surface area contributed by atoms with Crippen molar-refractivity contribution in [2.75, 3.05) is 11.9 Å². The molecule has 1 aromatic carbocycles. The second kappa shape index (κ2) is 6.72. The van der Waals surface area contributed by atoms with Gasteiger partial charge in [-0.1, -0.05) is 0 Å². The first-order chi connectivity index (χ1) is 9.42. The SMILES string of the molecule is OC1CCC(CNc2ccc(SC(F)(F)F)cc2)CC1. The van der Waals surface area contributed by atoms with Gasteiger partial charge in [-0.25, -0.2) is 0 Å². The van der Waals surface area contributed by atoms with Crippen molar-refractivity contribution in [3.05, 3.63) is 24.3 Å². The molecule has 0 spiro atoms. The van der Waals surface area contributed by atoms with Gasteiger partial charge in [0.25, 0.3) is 0 Å². The number of nitrogens with one attached hydrogen (secondary N) is 1. The lowest BCUT2D eigenvalue weighted by Gasteiger charge is -2.25. The molecule has 0 unspecified atom stereocenters. The van der Waals surface area contributed by atoms with Crippen LogP contribution in [-0.4, -0.2) is 23.3 Å². The number of alkyl halides is 3. The minimum Gasteiger partial charge on any atom is -0.393 e. The number of hydrogen-bond donors (Lipinski definition) is 2. The van der Waals surface area contributed by atoms with Gasteiger partial charge >= 0.3 is 5.51 Å². The lowest BCUT2D eigenvalue weighted by Crippen LogP contribution is -2.23. The molecule has 0 bridgehead atoms. The Kier molecular flexibility index (Phi) is 5.21. The fraction of sp³-hybridized carbons (Fsp3) is 0.571. The molecule has 0 saturated heterocycles. The molecule has 2 rings (SSSR count). The number of halogens is 3. The molecule has 2 nitrogen and oxygen atoms in total. The Morgan fingerprint density at radius 1 is 1.10 bits per heavy atom. The van der Waals surface area contributed by atoms with E-state index in [4.69, 9.17) is 0 Å². The molecule has 0 amide bonds. The Labute approximate surface area is 120 Å². The highest BCUT2D eigenvalue weighted by molar-refractivity contribution is 8.00. The Hall–Kier alpha value is -0.880. The first-order valence-electron chi connectivity index (χ1n) is 6.70. The second-order valence-corrected chi connectivity index (χ2v) is 6.27. The number of rotatable bonds is 4. The first kappa shape index (κ1) is 15.5. The molecule has 0 radical (unpaired) electrons. The van der Waals surface area contributed by atoms with E-state index >= 15 is 0 Å². The Morgan fingerprint density at radius 3 is 2.25 bits per heavy atom. The molecule has 1 saturated carbocycles. The molecular formula is C14H18F3NOS. The van der Waals surface area contributed by atoms with Crippen molar-refractivity contribution in [2.24, 2.45) is 5.92 Å². The number of hydrogen-bond acceptors (Lipinski definition) is 3. The summed E-state index contributed by atoms with van der Waals surface area (Å²) in [6.45, 7) is 0.804. The van der Waals surface area contributed by atoms with Gasteiger partial charge in [0.2, 0.25) is 0 Å². The standard InChI is InChI=1S/C14H18F3NOS/c15-14(16,17)20-13-7-3-11(4-8-13)18-9-10-1-5-12(19)6-2-10/h3-4,7-8,10,12,18-19H,1-2,5-6,9H2. The van der Waals surface area contributed by atoms with Crippen LogP contribution in [0.1, 0.15) is 25.7 Å². The third-order valence-electron chi connectivity index (χ3n) is 3.50. The Balaban J connectivity index is 1.79. The summed E-state index contributed by atoms with van der Waals surface area (Å²) in [6.07, 6.45) is 3.51. The molecule has 1 aliphatic carbocycles. The van der Waals surface area contributed by atoms with Crippen molar-refractivity contribution in [2.45, 2.75) is 42.2 Å². The fourth-order valence-corrected chi connectivity index (χ4v) is 2.93. The summed E-state index contributed by atoms with van der Waals surface area (Å²) in [4.78, 5) is 0.198.